The fourth-order valence-corrected chi connectivity index (χ4v) is 3.22. The number of benzene rings is 1. The van der Waals surface area contributed by atoms with E-state index in [0.29, 0.717) is 31.6 Å². The lowest BCUT2D eigenvalue weighted by atomic mass is 10.0. The standard InChI is InChI=1S/C22H37N7O4/c1-4-5-6-13-25-19(15(2)3)21(31)28-18(8-7-14-26-22(23)24)20(30)27-16-9-11-17(12-10-16)29(32)33/h9-12,15,18-19,25H,4-8,13-14H2,1-3H3,(H,27,30)(H,28,31)(H4,23,24,26). The molecule has 0 bridgehead atoms. The molecule has 2 atom stereocenters. The zero-order valence-electron chi connectivity index (χ0n) is 19.6. The first-order chi connectivity index (χ1) is 15.6. The number of nitro benzene ring substituents is 1. The minimum atomic E-state index is -0.819. The maximum Gasteiger partial charge on any atom is 0.269 e. The van der Waals surface area contributed by atoms with Crippen LogP contribution in [0.25, 0.3) is 0 Å². The van der Waals surface area contributed by atoms with Crippen LogP contribution in [0.1, 0.15) is 52.9 Å². The molecule has 0 spiro atoms. The minimum Gasteiger partial charge on any atom is -0.370 e. The van der Waals surface area contributed by atoms with E-state index in [2.05, 4.69) is 28.2 Å². The number of hydrogen-bond acceptors (Lipinski definition) is 6. The van der Waals surface area contributed by atoms with Crippen LogP contribution in [0.3, 0.4) is 0 Å². The van der Waals surface area contributed by atoms with Gasteiger partial charge in [-0.15, -0.1) is 0 Å². The van der Waals surface area contributed by atoms with Crippen LogP contribution in [0, 0.1) is 21.4 Å². The molecule has 33 heavy (non-hydrogen) atoms. The van der Waals surface area contributed by atoms with Gasteiger partial charge in [-0.3, -0.25) is 25.1 Å². The van der Waals surface area contributed by atoms with E-state index in [1.165, 1.54) is 24.3 Å². The van der Waals surface area contributed by atoms with E-state index in [1.807, 2.05) is 13.8 Å². The monoisotopic (exact) mass is 463 g/mol. The number of unbranched alkanes of at least 4 members (excludes halogenated alkanes) is 2. The number of nitrogens with zero attached hydrogens (tertiary/aromatic N) is 1. The summed E-state index contributed by atoms with van der Waals surface area (Å²) in [6, 6.07) is 4.23. The number of nitrogens with one attached hydrogen (secondary N) is 5. The van der Waals surface area contributed by atoms with Crippen LogP contribution in [-0.2, 0) is 9.59 Å². The predicted octanol–water partition coefficient (Wildman–Crippen LogP) is 2.09. The Balaban J connectivity index is 2.85. The highest BCUT2D eigenvalue weighted by Crippen LogP contribution is 2.16. The summed E-state index contributed by atoms with van der Waals surface area (Å²) in [6.07, 6.45) is 3.94. The minimum absolute atomic E-state index is 0.0318. The molecule has 0 aromatic heterocycles. The number of guanidine groups is 1. The Labute approximate surface area is 194 Å². The zero-order chi connectivity index (χ0) is 24.8. The highest BCUT2D eigenvalue weighted by Gasteiger charge is 2.27. The smallest absolute Gasteiger partial charge is 0.269 e. The number of anilines is 1. The highest BCUT2D eigenvalue weighted by molar-refractivity contribution is 5.98. The first kappa shape index (κ1) is 27.8. The average molecular weight is 464 g/mol. The molecule has 184 valence electrons. The van der Waals surface area contributed by atoms with E-state index in [9.17, 15) is 19.7 Å². The third-order valence-corrected chi connectivity index (χ3v) is 5.06. The fraction of sp³-hybridized carbons (Fsp3) is 0.591. The third kappa shape index (κ3) is 10.8. The van der Waals surface area contributed by atoms with E-state index in [0.717, 1.165) is 19.3 Å². The second-order valence-corrected chi connectivity index (χ2v) is 8.22. The summed E-state index contributed by atoms with van der Waals surface area (Å²) >= 11 is 0. The number of hydrogen-bond donors (Lipinski definition) is 6. The van der Waals surface area contributed by atoms with Crippen molar-refractivity contribution in [3.63, 3.8) is 0 Å². The first-order valence-corrected chi connectivity index (χ1v) is 11.3. The molecular weight excluding hydrogens is 426 g/mol. The van der Waals surface area contributed by atoms with E-state index in [-0.39, 0.29) is 23.5 Å². The van der Waals surface area contributed by atoms with Crippen LogP contribution >= 0.6 is 0 Å². The molecule has 0 saturated heterocycles. The average Bonchev–Trinajstić information content (AvgIpc) is 2.75. The molecule has 11 nitrogen and oxygen atoms in total. The molecule has 1 rings (SSSR count). The van der Waals surface area contributed by atoms with Crippen molar-refractivity contribution in [2.75, 3.05) is 18.4 Å². The van der Waals surface area contributed by atoms with E-state index >= 15 is 0 Å². The van der Waals surface area contributed by atoms with Crippen molar-refractivity contribution in [3.05, 3.63) is 34.4 Å². The van der Waals surface area contributed by atoms with Crippen molar-refractivity contribution in [1.82, 2.24) is 16.0 Å². The van der Waals surface area contributed by atoms with Gasteiger partial charge in [-0.25, -0.2) is 0 Å². The molecule has 0 radical (unpaired) electrons. The van der Waals surface area contributed by atoms with Crippen LogP contribution in [0.15, 0.2) is 24.3 Å². The maximum absolute atomic E-state index is 13.0. The van der Waals surface area contributed by atoms with Crippen molar-refractivity contribution in [3.8, 4) is 0 Å². The second-order valence-electron chi connectivity index (χ2n) is 8.22. The Hall–Kier alpha value is -3.21. The lowest BCUT2D eigenvalue weighted by Gasteiger charge is -2.25. The molecular formula is C22H37N7O4. The van der Waals surface area contributed by atoms with E-state index in [4.69, 9.17) is 11.1 Å². The van der Waals surface area contributed by atoms with Gasteiger partial charge in [0.25, 0.3) is 5.69 Å². The number of rotatable bonds is 15. The van der Waals surface area contributed by atoms with E-state index < -0.39 is 22.9 Å². The molecule has 1 aromatic rings. The molecule has 2 unspecified atom stereocenters. The molecule has 0 heterocycles. The number of amides is 2. The molecule has 7 N–H and O–H groups in total. The van der Waals surface area contributed by atoms with Crippen molar-refractivity contribution < 1.29 is 14.5 Å². The van der Waals surface area contributed by atoms with Crippen molar-refractivity contribution in [1.29, 1.82) is 5.41 Å². The SMILES string of the molecule is CCCCCNC(C(=O)NC(CCCNC(=N)N)C(=O)Nc1ccc([N+](=O)[O-])cc1)C(C)C. The van der Waals surface area contributed by atoms with Gasteiger partial charge < -0.3 is 27.0 Å². The Morgan fingerprint density at radius 2 is 1.76 bits per heavy atom. The Kier molecular flexibility index (Phi) is 12.5. The van der Waals surface area contributed by atoms with Gasteiger partial charge >= 0.3 is 0 Å². The fourth-order valence-electron chi connectivity index (χ4n) is 3.22. The Morgan fingerprint density at radius 1 is 1.09 bits per heavy atom. The van der Waals surface area contributed by atoms with Crippen LogP contribution < -0.4 is 27.0 Å². The molecule has 2 amide bonds. The van der Waals surface area contributed by atoms with Crippen LogP contribution in [0.5, 0.6) is 0 Å². The maximum atomic E-state index is 13.0. The number of nitrogens with two attached hydrogens (primary N) is 1. The third-order valence-electron chi connectivity index (χ3n) is 5.06. The summed E-state index contributed by atoms with van der Waals surface area (Å²) in [5, 5.41) is 29.6. The second kappa shape index (κ2) is 14.8. The van der Waals surface area contributed by atoms with Crippen molar-refractivity contribution >= 4 is 29.1 Å². The molecule has 1 aromatic carbocycles. The van der Waals surface area contributed by atoms with Gasteiger partial charge in [-0.2, -0.15) is 0 Å². The Morgan fingerprint density at radius 3 is 2.30 bits per heavy atom. The summed E-state index contributed by atoms with van der Waals surface area (Å²) in [7, 11) is 0. The van der Waals surface area contributed by atoms with Gasteiger partial charge in [-0.1, -0.05) is 33.6 Å². The summed E-state index contributed by atoms with van der Waals surface area (Å²) in [4.78, 5) is 36.2. The van der Waals surface area contributed by atoms with Gasteiger partial charge in [0.2, 0.25) is 11.8 Å². The highest BCUT2D eigenvalue weighted by atomic mass is 16.6. The predicted molar refractivity (Wildman–Crippen MR) is 129 cm³/mol. The van der Waals surface area contributed by atoms with Gasteiger partial charge in [0, 0.05) is 24.4 Å². The molecule has 0 aliphatic rings. The van der Waals surface area contributed by atoms with Gasteiger partial charge in [0.05, 0.1) is 11.0 Å². The Bertz CT molecular complexity index is 783. The summed E-state index contributed by atoms with van der Waals surface area (Å²) in [5.74, 6) is -0.815. The normalized spacial score (nSPS) is 12.6. The zero-order valence-corrected chi connectivity index (χ0v) is 19.6. The lowest BCUT2D eigenvalue weighted by Crippen LogP contribution is -2.53. The van der Waals surface area contributed by atoms with Crippen molar-refractivity contribution in [2.24, 2.45) is 11.7 Å². The quantitative estimate of drug-likeness (QED) is 0.0758. The topological polar surface area (TPSA) is 175 Å². The van der Waals surface area contributed by atoms with Crippen LogP contribution in [0.4, 0.5) is 11.4 Å². The molecule has 0 fully saturated rings. The van der Waals surface area contributed by atoms with E-state index in [1.54, 1.807) is 0 Å². The molecule has 11 heteroatoms. The lowest BCUT2D eigenvalue weighted by molar-refractivity contribution is -0.384. The number of nitro groups is 1. The largest absolute Gasteiger partial charge is 0.370 e. The summed E-state index contributed by atoms with van der Waals surface area (Å²) < 4.78 is 0. The van der Waals surface area contributed by atoms with Gasteiger partial charge in [0.15, 0.2) is 5.96 Å². The molecule has 0 aliphatic heterocycles. The molecule has 0 aliphatic carbocycles. The number of non-ortho nitro benzene ring substituents is 1. The number of carbonyl (C=O) groups is 2. The van der Waals surface area contributed by atoms with Crippen LogP contribution in [-0.4, -0.2) is 47.9 Å². The first-order valence-electron chi connectivity index (χ1n) is 11.3. The van der Waals surface area contributed by atoms with Crippen LogP contribution in [0.2, 0.25) is 0 Å². The van der Waals surface area contributed by atoms with Gasteiger partial charge in [0.1, 0.15) is 6.04 Å². The van der Waals surface area contributed by atoms with Crippen molar-refractivity contribution in [2.45, 2.75) is 65.0 Å². The number of carbonyl (C=O) groups excluding carboxylic acids is 2. The summed E-state index contributed by atoms with van der Waals surface area (Å²) in [6.45, 7) is 7.10. The van der Waals surface area contributed by atoms with Gasteiger partial charge in [-0.05, 0) is 43.9 Å². The summed E-state index contributed by atoms with van der Waals surface area (Å²) in [5.41, 5.74) is 5.61. The molecule has 0 saturated carbocycles.